The second kappa shape index (κ2) is 3.24. The minimum Gasteiger partial charge on any atom is -0.325 e. The van der Waals surface area contributed by atoms with Gasteiger partial charge in [0.25, 0.3) is 0 Å². The van der Waals surface area contributed by atoms with Crippen molar-refractivity contribution in [2.75, 3.05) is 5.32 Å². The van der Waals surface area contributed by atoms with Crippen molar-refractivity contribution in [1.29, 1.82) is 0 Å². The van der Waals surface area contributed by atoms with Crippen molar-refractivity contribution in [3.05, 3.63) is 23.3 Å². The van der Waals surface area contributed by atoms with Gasteiger partial charge in [0.1, 0.15) is 0 Å². The maximum atomic E-state index is 11.1. The lowest BCUT2D eigenvalue weighted by Crippen LogP contribution is -2.03. The summed E-state index contributed by atoms with van der Waals surface area (Å²) in [6.45, 7) is 2.00. The molecule has 1 amide bonds. The van der Waals surface area contributed by atoms with Gasteiger partial charge in [-0.3, -0.25) is 4.79 Å². The third-order valence-electron chi connectivity index (χ3n) is 2.03. The summed E-state index contributed by atoms with van der Waals surface area (Å²) in [5.74, 6) is 0.0487. The Kier molecular flexibility index (Phi) is 2.22. The van der Waals surface area contributed by atoms with Gasteiger partial charge < -0.3 is 5.32 Å². The van der Waals surface area contributed by atoms with Crippen LogP contribution in [0.1, 0.15) is 11.1 Å². The first-order valence-electron chi connectivity index (χ1n) is 3.92. The van der Waals surface area contributed by atoms with Crippen LogP contribution in [-0.2, 0) is 11.2 Å². The maximum Gasteiger partial charge on any atom is 0.228 e. The molecule has 1 heterocycles. The van der Waals surface area contributed by atoms with E-state index in [-0.39, 0.29) is 5.91 Å². The predicted octanol–water partition coefficient (Wildman–Crippen LogP) is 2.74. The molecule has 1 aliphatic heterocycles. The minimum atomic E-state index is 0.0487. The molecule has 0 saturated carbocycles. The van der Waals surface area contributed by atoms with Gasteiger partial charge in [-0.1, -0.05) is 6.07 Å². The number of rotatable bonds is 1. The fraction of sp³-hybridized carbons (Fsp3) is 0.222. The summed E-state index contributed by atoms with van der Waals surface area (Å²) in [6.07, 6.45) is 0.474. The molecular formula is C9H8ClNOS. The molecule has 68 valence electrons. The van der Waals surface area contributed by atoms with E-state index in [0.29, 0.717) is 6.42 Å². The van der Waals surface area contributed by atoms with Crippen LogP contribution in [0.4, 0.5) is 5.69 Å². The molecule has 0 spiro atoms. The highest BCUT2D eigenvalue weighted by atomic mass is 35.7. The van der Waals surface area contributed by atoms with E-state index in [1.54, 1.807) is 0 Å². The monoisotopic (exact) mass is 213 g/mol. The van der Waals surface area contributed by atoms with E-state index >= 15 is 0 Å². The van der Waals surface area contributed by atoms with E-state index in [4.69, 9.17) is 10.7 Å². The number of aryl methyl sites for hydroxylation is 1. The van der Waals surface area contributed by atoms with Crippen LogP contribution in [-0.4, -0.2) is 5.91 Å². The van der Waals surface area contributed by atoms with Gasteiger partial charge in [0.2, 0.25) is 5.91 Å². The zero-order chi connectivity index (χ0) is 9.42. The topological polar surface area (TPSA) is 29.1 Å². The van der Waals surface area contributed by atoms with Gasteiger partial charge >= 0.3 is 0 Å². The van der Waals surface area contributed by atoms with Gasteiger partial charge in [-0.05, 0) is 45.8 Å². The molecule has 0 radical (unpaired) electrons. The molecular weight excluding hydrogens is 206 g/mol. The Morgan fingerprint density at radius 2 is 2.31 bits per heavy atom. The summed E-state index contributed by atoms with van der Waals surface area (Å²) in [7, 11) is 6.84. The van der Waals surface area contributed by atoms with E-state index in [1.807, 2.05) is 19.1 Å². The number of anilines is 1. The van der Waals surface area contributed by atoms with E-state index in [0.717, 1.165) is 32.7 Å². The molecule has 1 aromatic carbocycles. The van der Waals surface area contributed by atoms with Crippen LogP contribution in [0.5, 0.6) is 0 Å². The molecule has 13 heavy (non-hydrogen) atoms. The number of nitrogens with one attached hydrogen (secondary N) is 1. The van der Waals surface area contributed by atoms with Crippen LogP contribution in [0.15, 0.2) is 17.0 Å². The number of carbonyl (C=O) groups is 1. The summed E-state index contributed by atoms with van der Waals surface area (Å²) in [6, 6.07) is 3.99. The first kappa shape index (κ1) is 8.91. The van der Waals surface area contributed by atoms with Crippen molar-refractivity contribution in [3.8, 4) is 0 Å². The highest BCUT2D eigenvalue weighted by Gasteiger charge is 2.20. The fourth-order valence-electron chi connectivity index (χ4n) is 1.52. The van der Waals surface area contributed by atoms with Crippen molar-refractivity contribution in [2.45, 2.75) is 18.2 Å². The van der Waals surface area contributed by atoms with E-state index in [1.165, 1.54) is 0 Å². The van der Waals surface area contributed by atoms with Gasteiger partial charge in [-0.2, -0.15) is 0 Å². The van der Waals surface area contributed by atoms with Crippen molar-refractivity contribution in [1.82, 2.24) is 0 Å². The third-order valence-corrected chi connectivity index (χ3v) is 3.01. The smallest absolute Gasteiger partial charge is 0.228 e. The van der Waals surface area contributed by atoms with Crippen molar-refractivity contribution in [2.24, 2.45) is 0 Å². The van der Waals surface area contributed by atoms with Crippen molar-refractivity contribution >= 4 is 33.3 Å². The van der Waals surface area contributed by atoms with Crippen molar-refractivity contribution in [3.63, 3.8) is 0 Å². The Morgan fingerprint density at radius 3 is 3.00 bits per heavy atom. The Hall–Kier alpha value is -0.670. The normalized spacial score (nSPS) is 14.2. The van der Waals surface area contributed by atoms with Gasteiger partial charge in [0.05, 0.1) is 12.1 Å². The van der Waals surface area contributed by atoms with Crippen molar-refractivity contribution < 1.29 is 4.79 Å². The number of hydrogen-bond acceptors (Lipinski definition) is 2. The van der Waals surface area contributed by atoms with Gasteiger partial charge in [0.15, 0.2) is 0 Å². The minimum absolute atomic E-state index is 0.0487. The molecule has 0 unspecified atom stereocenters. The molecule has 2 nitrogen and oxygen atoms in total. The summed E-state index contributed by atoms with van der Waals surface area (Å²) in [5.41, 5.74) is 3.07. The Balaban J connectivity index is 2.56. The molecule has 0 aliphatic carbocycles. The van der Waals surface area contributed by atoms with Crippen LogP contribution >= 0.6 is 21.7 Å². The van der Waals surface area contributed by atoms with Crippen LogP contribution in [0.25, 0.3) is 0 Å². The van der Waals surface area contributed by atoms with Crippen LogP contribution in [0.3, 0.4) is 0 Å². The number of hydrogen-bond donors (Lipinski definition) is 1. The zero-order valence-corrected chi connectivity index (χ0v) is 8.63. The number of amides is 1. The molecule has 0 atom stereocenters. The summed E-state index contributed by atoms with van der Waals surface area (Å²) >= 11 is 0. The predicted molar refractivity (Wildman–Crippen MR) is 55.2 cm³/mol. The highest BCUT2D eigenvalue weighted by molar-refractivity contribution is 8.21. The number of carbonyl (C=O) groups excluding carboxylic acids is 1. The Morgan fingerprint density at radius 1 is 1.54 bits per heavy atom. The van der Waals surface area contributed by atoms with E-state index < -0.39 is 0 Å². The average Bonchev–Trinajstić information content (AvgIpc) is 2.43. The molecule has 1 aliphatic rings. The molecule has 0 fully saturated rings. The molecule has 1 N–H and O–H groups in total. The van der Waals surface area contributed by atoms with Crippen LogP contribution in [0, 0.1) is 6.92 Å². The molecule has 0 aromatic heterocycles. The average molecular weight is 214 g/mol. The Bertz CT molecular complexity index is 378. The number of benzene rings is 1. The first-order valence-corrected chi connectivity index (χ1v) is 5.57. The zero-order valence-electron chi connectivity index (χ0n) is 7.06. The van der Waals surface area contributed by atoms with Crippen LogP contribution < -0.4 is 5.32 Å². The molecule has 2 rings (SSSR count). The van der Waals surface area contributed by atoms with E-state index in [2.05, 4.69) is 5.32 Å². The van der Waals surface area contributed by atoms with Gasteiger partial charge in [-0.15, -0.1) is 0 Å². The quantitative estimate of drug-likeness (QED) is 0.777. The van der Waals surface area contributed by atoms with Crippen LogP contribution in [0.2, 0.25) is 0 Å². The molecule has 1 aromatic rings. The number of fused-ring (bicyclic) bond motifs is 1. The highest BCUT2D eigenvalue weighted by Crippen LogP contribution is 2.36. The second-order valence-corrected chi connectivity index (χ2v) is 4.16. The summed E-state index contributed by atoms with van der Waals surface area (Å²) in [5, 5.41) is 2.80. The summed E-state index contributed by atoms with van der Waals surface area (Å²) < 4.78 is 0. The largest absolute Gasteiger partial charge is 0.325 e. The maximum absolute atomic E-state index is 11.1. The molecule has 0 bridgehead atoms. The number of halogens is 1. The van der Waals surface area contributed by atoms with E-state index in [9.17, 15) is 4.79 Å². The van der Waals surface area contributed by atoms with Gasteiger partial charge in [0, 0.05) is 4.90 Å². The SMILES string of the molecule is Cc1cc2c(c(SCl)c1)NC(=O)C2. The van der Waals surface area contributed by atoms with Gasteiger partial charge in [-0.25, -0.2) is 0 Å². The standard InChI is InChI=1S/C9H8ClNOS/c1-5-2-6-4-8(12)11-9(6)7(3-5)13-10/h2-3H,4H2,1H3,(H,11,12). The lowest BCUT2D eigenvalue weighted by Gasteiger charge is -2.05. The fourth-order valence-corrected chi connectivity index (χ4v) is 2.38. The second-order valence-electron chi connectivity index (χ2n) is 3.10. The molecule has 0 saturated heterocycles. The molecule has 4 heteroatoms. The first-order chi connectivity index (χ1) is 6.20. The summed E-state index contributed by atoms with van der Waals surface area (Å²) in [4.78, 5) is 12.0. The third kappa shape index (κ3) is 1.54. The lowest BCUT2D eigenvalue weighted by atomic mass is 10.1. The lowest BCUT2D eigenvalue weighted by molar-refractivity contribution is -0.115. The Labute approximate surface area is 85.2 Å².